The van der Waals surface area contributed by atoms with Gasteiger partial charge in [-0.2, -0.15) is 0 Å². The predicted octanol–water partition coefficient (Wildman–Crippen LogP) is 2.27. The van der Waals surface area contributed by atoms with Crippen LogP contribution < -0.4 is 5.32 Å². The average Bonchev–Trinajstić information content (AvgIpc) is 2.41. The molecule has 5 heteroatoms. The van der Waals surface area contributed by atoms with E-state index in [-0.39, 0.29) is 12.2 Å². The molecule has 0 saturated heterocycles. The van der Waals surface area contributed by atoms with Gasteiger partial charge in [0, 0.05) is 11.9 Å². The van der Waals surface area contributed by atoms with E-state index in [0.29, 0.717) is 11.3 Å². The molecule has 2 aromatic rings. The Balaban J connectivity index is 2.26. The number of aromatic nitrogens is 1. The van der Waals surface area contributed by atoms with Crippen molar-refractivity contribution in [3.8, 4) is 0 Å². The van der Waals surface area contributed by atoms with Gasteiger partial charge < -0.3 is 10.4 Å². The number of anilines is 1. The summed E-state index contributed by atoms with van der Waals surface area (Å²) in [6, 6.07) is 6.52. The second-order valence-electron chi connectivity index (χ2n) is 4.12. The summed E-state index contributed by atoms with van der Waals surface area (Å²) in [5.74, 6) is -1.21. The minimum absolute atomic E-state index is 0.0659. The fraction of sp³-hybridized carbons (Fsp3) is 0.143. The monoisotopic (exact) mass is 260 g/mol. The van der Waals surface area contributed by atoms with E-state index < -0.39 is 11.7 Å². The number of hydrogen-bond donors (Lipinski definition) is 2. The third kappa shape index (κ3) is 2.95. The van der Waals surface area contributed by atoms with Crippen LogP contribution in [0, 0.1) is 12.7 Å². The van der Waals surface area contributed by atoms with Crippen molar-refractivity contribution >= 4 is 11.6 Å². The molecule has 0 saturated carbocycles. The molecule has 1 heterocycles. The number of aliphatic hydroxyl groups excluding tert-OH is 1. The van der Waals surface area contributed by atoms with E-state index in [1.54, 1.807) is 18.2 Å². The average molecular weight is 260 g/mol. The van der Waals surface area contributed by atoms with Crippen molar-refractivity contribution in [2.75, 3.05) is 5.32 Å². The number of aliphatic hydroxyl groups is 1. The summed E-state index contributed by atoms with van der Waals surface area (Å²) in [5.41, 5.74) is 1.99. The molecule has 1 aromatic heterocycles. The van der Waals surface area contributed by atoms with E-state index in [4.69, 9.17) is 5.11 Å². The number of carbonyl (C=O) groups is 1. The van der Waals surface area contributed by atoms with Crippen LogP contribution in [0.2, 0.25) is 0 Å². The van der Waals surface area contributed by atoms with Gasteiger partial charge in [0.05, 0.1) is 18.4 Å². The first-order valence-corrected chi connectivity index (χ1v) is 5.73. The van der Waals surface area contributed by atoms with E-state index in [2.05, 4.69) is 10.3 Å². The van der Waals surface area contributed by atoms with Crippen molar-refractivity contribution in [1.29, 1.82) is 0 Å². The van der Waals surface area contributed by atoms with Crippen LogP contribution in [-0.4, -0.2) is 16.0 Å². The number of halogens is 1. The quantitative estimate of drug-likeness (QED) is 0.890. The van der Waals surface area contributed by atoms with Gasteiger partial charge >= 0.3 is 0 Å². The molecule has 0 unspecified atom stereocenters. The highest BCUT2D eigenvalue weighted by atomic mass is 19.1. The Hall–Kier alpha value is -2.27. The van der Waals surface area contributed by atoms with Crippen LogP contribution >= 0.6 is 0 Å². The molecule has 0 bridgehead atoms. The maximum absolute atomic E-state index is 13.4. The second kappa shape index (κ2) is 5.58. The van der Waals surface area contributed by atoms with E-state index >= 15 is 0 Å². The molecule has 0 fully saturated rings. The van der Waals surface area contributed by atoms with Gasteiger partial charge in [-0.05, 0) is 30.2 Å². The van der Waals surface area contributed by atoms with E-state index in [0.717, 1.165) is 11.8 Å². The number of nitrogens with zero attached hydrogens (tertiary/aromatic N) is 1. The lowest BCUT2D eigenvalue weighted by atomic mass is 10.1. The zero-order valence-corrected chi connectivity index (χ0v) is 10.4. The molecule has 0 aliphatic heterocycles. The van der Waals surface area contributed by atoms with Crippen LogP contribution in [0.4, 0.5) is 10.1 Å². The van der Waals surface area contributed by atoms with Crippen molar-refractivity contribution in [1.82, 2.24) is 4.98 Å². The summed E-state index contributed by atoms with van der Waals surface area (Å²) in [6.45, 7) is 1.70. The molecule has 98 valence electrons. The van der Waals surface area contributed by atoms with Crippen molar-refractivity contribution in [3.05, 3.63) is 59.2 Å². The Morgan fingerprint density at radius 3 is 2.89 bits per heavy atom. The lowest BCUT2D eigenvalue weighted by Gasteiger charge is -2.10. The molecule has 0 aliphatic carbocycles. The number of rotatable bonds is 3. The first-order chi connectivity index (χ1) is 9.11. The molecular weight excluding hydrogens is 247 g/mol. The molecular formula is C14H13FN2O2. The highest BCUT2D eigenvalue weighted by Gasteiger charge is 2.12. The molecule has 2 N–H and O–H groups in total. The molecule has 2 rings (SSSR count). The maximum atomic E-state index is 13.4. The Kier molecular flexibility index (Phi) is 3.87. The third-order valence-electron chi connectivity index (χ3n) is 2.75. The minimum atomic E-state index is -0.670. The highest BCUT2D eigenvalue weighted by Crippen LogP contribution is 2.18. The van der Waals surface area contributed by atoms with Gasteiger partial charge in [0.15, 0.2) is 5.82 Å². The minimum Gasteiger partial charge on any atom is -0.392 e. The summed E-state index contributed by atoms with van der Waals surface area (Å²) in [7, 11) is 0. The molecule has 1 aromatic carbocycles. The predicted molar refractivity (Wildman–Crippen MR) is 69.3 cm³/mol. The Bertz CT molecular complexity index is 614. The molecule has 19 heavy (non-hydrogen) atoms. The molecule has 4 nitrogen and oxygen atoms in total. The zero-order valence-electron chi connectivity index (χ0n) is 10.4. The van der Waals surface area contributed by atoms with E-state index in [9.17, 15) is 9.18 Å². The van der Waals surface area contributed by atoms with Gasteiger partial charge in [-0.25, -0.2) is 4.39 Å². The smallest absolute Gasteiger partial charge is 0.258 e. The lowest BCUT2D eigenvalue weighted by Crippen LogP contribution is -2.14. The summed E-state index contributed by atoms with van der Waals surface area (Å²) >= 11 is 0. The standard InChI is InChI=1S/C14H13FN2O2/c1-9-2-3-10(8-18)6-13(9)17-14(19)11-4-5-16-7-12(11)15/h2-7,18H,8H2,1H3,(H,17,19). The summed E-state index contributed by atoms with van der Waals surface area (Å²) in [5, 5.41) is 11.7. The Morgan fingerprint density at radius 2 is 2.21 bits per heavy atom. The van der Waals surface area contributed by atoms with Crippen LogP contribution in [0.1, 0.15) is 21.5 Å². The lowest BCUT2D eigenvalue weighted by molar-refractivity contribution is 0.102. The number of aryl methyl sites for hydroxylation is 1. The summed E-state index contributed by atoms with van der Waals surface area (Å²) in [4.78, 5) is 15.5. The van der Waals surface area contributed by atoms with E-state index in [1.165, 1.54) is 12.3 Å². The fourth-order valence-corrected chi connectivity index (χ4v) is 1.65. The van der Waals surface area contributed by atoms with Gasteiger partial charge in [0.25, 0.3) is 5.91 Å². The first-order valence-electron chi connectivity index (χ1n) is 5.73. The topological polar surface area (TPSA) is 62.2 Å². The van der Waals surface area contributed by atoms with Crippen LogP contribution in [-0.2, 0) is 6.61 Å². The van der Waals surface area contributed by atoms with Crippen molar-refractivity contribution in [2.45, 2.75) is 13.5 Å². The van der Waals surface area contributed by atoms with Gasteiger partial charge in [-0.1, -0.05) is 12.1 Å². The molecule has 0 spiro atoms. The number of amides is 1. The van der Waals surface area contributed by atoms with Crippen LogP contribution in [0.5, 0.6) is 0 Å². The number of benzene rings is 1. The number of hydrogen-bond acceptors (Lipinski definition) is 3. The maximum Gasteiger partial charge on any atom is 0.258 e. The zero-order chi connectivity index (χ0) is 13.8. The molecule has 0 atom stereocenters. The van der Waals surface area contributed by atoms with Gasteiger partial charge in [-0.3, -0.25) is 9.78 Å². The normalized spacial score (nSPS) is 10.3. The van der Waals surface area contributed by atoms with Gasteiger partial charge in [-0.15, -0.1) is 0 Å². The summed E-state index contributed by atoms with van der Waals surface area (Å²) < 4.78 is 13.4. The summed E-state index contributed by atoms with van der Waals surface area (Å²) in [6.07, 6.45) is 2.35. The largest absolute Gasteiger partial charge is 0.392 e. The van der Waals surface area contributed by atoms with Gasteiger partial charge in [0.2, 0.25) is 0 Å². The van der Waals surface area contributed by atoms with Crippen LogP contribution in [0.15, 0.2) is 36.7 Å². The van der Waals surface area contributed by atoms with Crippen molar-refractivity contribution in [2.24, 2.45) is 0 Å². The van der Waals surface area contributed by atoms with Crippen LogP contribution in [0.3, 0.4) is 0 Å². The number of pyridine rings is 1. The van der Waals surface area contributed by atoms with Crippen molar-refractivity contribution < 1.29 is 14.3 Å². The van der Waals surface area contributed by atoms with Crippen molar-refractivity contribution in [3.63, 3.8) is 0 Å². The Morgan fingerprint density at radius 1 is 1.42 bits per heavy atom. The highest BCUT2D eigenvalue weighted by molar-refractivity contribution is 6.04. The second-order valence-corrected chi connectivity index (χ2v) is 4.12. The SMILES string of the molecule is Cc1ccc(CO)cc1NC(=O)c1ccncc1F. The molecule has 0 radical (unpaired) electrons. The van der Waals surface area contributed by atoms with Crippen LogP contribution in [0.25, 0.3) is 0 Å². The first kappa shape index (κ1) is 13.2. The number of carbonyl (C=O) groups excluding carboxylic acids is 1. The van der Waals surface area contributed by atoms with Gasteiger partial charge in [0.1, 0.15) is 0 Å². The molecule has 1 amide bonds. The third-order valence-corrected chi connectivity index (χ3v) is 2.75. The Labute approximate surface area is 109 Å². The molecule has 0 aliphatic rings. The fourth-order valence-electron chi connectivity index (χ4n) is 1.65. The number of nitrogens with one attached hydrogen (secondary N) is 1. The van der Waals surface area contributed by atoms with E-state index in [1.807, 2.05) is 6.92 Å².